The molecule has 0 spiro atoms. The van der Waals surface area contributed by atoms with Crippen molar-refractivity contribution in [2.75, 3.05) is 0 Å². The quantitative estimate of drug-likeness (QED) is 0.641. The van der Waals surface area contributed by atoms with Gasteiger partial charge in [-0.1, -0.05) is 42.4 Å². The molecule has 2 aromatic carbocycles. The minimum atomic E-state index is 0.0419. The van der Waals surface area contributed by atoms with Crippen molar-refractivity contribution in [2.24, 2.45) is 4.99 Å². The van der Waals surface area contributed by atoms with Gasteiger partial charge in [-0.2, -0.15) is 0 Å². The summed E-state index contributed by atoms with van der Waals surface area (Å²) in [6, 6.07) is 12.9. The molecular weight excluding hydrogens is 221 g/mol. The predicted molar refractivity (Wildman–Crippen MR) is 77.3 cm³/mol. The maximum Gasteiger partial charge on any atom is 0.119 e. The number of aromatic hydroxyl groups is 1. The molecule has 0 aliphatic rings. The number of aliphatic imine (C=N–C) groups is 1. The summed E-state index contributed by atoms with van der Waals surface area (Å²) >= 11 is 0. The average molecular weight is 233 g/mol. The van der Waals surface area contributed by atoms with Crippen molar-refractivity contribution in [1.82, 2.24) is 0 Å². The Morgan fingerprint density at radius 2 is 1.89 bits per heavy atom. The summed E-state index contributed by atoms with van der Waals surface area (Å²) in [4.78, 5) is 4.28. The summed E-state index contributed by atoms with van der Waals surface area (Å²) in [5.41, 5.74) is 2.56. The van der Waals surface area contributed by atoms with Crippen molar-refractivity contribution in [3.05, 3.63) is 60.2 Å². The summed E-state index contributed by atoms with van der Waals surface area (Å²) in [6.45, 7) is 3.68. The topological polar surface area (TPSA) is 32.6 Å². The zero-order valence-electron chi connectivity index (χ0n) is 9.88. The van der Waals surface area contributed by atoms with E-state index in [1.165, 1.54) is 0 Å². The van der Waals surface area contributed by atoms with Gasteiger partial charge in [0.2, 0.25) is 0 Å². The fraction of sp³-hybridized carbons (Fsp3) is 0. The van der Waals surface area contributed by atoms with E-state index in [-0.39, 0.29) is 5.75 Å². The lowest BCUT2D eigenvalue weighted by Crippen LogP contribution is -2.06. The van der Waals surface area contributed by atoms with Crippen LogP contribution in [0.3, 0.4) is 0 Å². The van der Waals surface area contributed by atoms with Crippen LogP contribution >= 0.6 is 0 Å². The second kappa shape index (κ2) is 5.36. The van der Waals surface area contributed by atoms with E-state index < -0.39 is 0 Å². The summed E-state index contributed by atoms with van der Waals surface area (Å²) in [6.07, 6.45) is 3.27. The molecule has 0 aliphatic heterocycles. The third-order valence-electron chi connectivity index (χ3n) is 2.54. The molecule has 0 aliphatic carbocycles. The van der Waals surface area contributed by atoms with Gasteiger partial charge in [-0.15, -0.1) is 0 Å². The van der Waals surface area contributed by atoms with Crippen LogP contribution in [0.4, 0.5) is 5.69 Å². The molecule has 2 radical (unpaired) electrons. The third-order valence-corrected chi connectivity index (χ3v) is 2.54. The lowest BCUT2D eigenvalue weighted by molar-refractivity contribution is 0.479. The van der Waals surface area contributed by atoms with Crippen molar-refractivity contribution in [2.45, 2.75) is 0 Å². The Balaban J connectivity index is 2.37. The van der Waals surface area contributed by atoms with Gasteiger partial charge in [-0.3, -0.25) is 4.99 Å². The van der Waals surface area contributed by atoms with Crippen LogP contribution in [0.5, 0.6) is 5.75 Å². The van der Waals surface area contributed by atoms with Gasteiger partial charge < -0.3 is 5.11 Å². The van der Waals surface area contributed by atoms with Crippen molar-refractivity contribution in [3.8, 4) is 5.75 Å². The predicted octanol–water partition coefficient (Wildman–Crippen LogP) is 2.58. The molecule has 0 aromatic heterocycles. The van der Waals surface area contributed by atoms with Crippen LogP contribution in [0.1, 0.15) is 11.1 Å². The molecule has 3 heteroatoms. The second-order valence-electron chi connectivity index (χ2n) is 3.85. The highest BCUT2D eigenvalue weighted by molar-refractivity contribution is 6.35. The summed E-state index contributed by atoms with van der Waals surface area (Å²) in [7, 11) is 5.71. The molecule has 0 bridgehead atoms. The zero-order valence-corrected chi connectivity index (χ0v) is 9.88. The van der Waals surface area contributed by atoms with Crippen molar-refractivity contribution in [3.63, 3.8) is 0 Å². The number of hydrogen-bond donors (Lipinski definition) is 1. The molecule has 0 atom stereocenters. The highest BCUT2D eigenvalue weighted by Gasteiger charge is 2.03. The third kappa shape index (κ3) is 2.69. The number of rotatable bonds is 3. The Morgan fingerprint density at radius 3 is 2.56 bits per heavy atom. The molecule has 2 rings (SSSR count). The van der Waals surface area contributed by atoms with Gasteiger partial charge in [0.1, 0.15) is 13.6 Å². The Bertz CT molecular complexity index is 591. The molecule has 1 N–H and O–H groups in total. The van der Waals surface area contributed by atoms with Crippen molar-refractivity contribution in [1.29, 1.82) is 0 Å². The first-order chi connectivity index (χ1) is 8.70. The first-order valence-electron chi connectivity index (χ1n) is 5.55. The molecular formula is C15H12BNO. The Hall–Kier alpha value is -2.29. The van der Waals surface area contributed by atoms with E-state index in [0.29, 0.717) is 11.0 Å². The number of phenols is 1. The van der Waals surface area contributed by atoms with Crippen LogP contribution in [0.2, 0.25) is 0 Å². The van der Waals surface area contributed by atoms with Gasteiger partial charge in [0.15, 0.2) is 0 Å². The monoisotopic (exact) mass is 233 g/mol. The molecule has 0 fully saturated rings. The molecule has 0 amide bonds. The summed E-state index contributed by atoms with van der Waals surface area (Å²) in [5.74, 6) is 0.0419. The zero-order chi connectivity index (χ0) is 13.0. The molecule has 0 unspecified atom stereocenters. The van der Waals surface area contributed by atoms with Gasteiger partial charge in [0.05, 0.1) is 5.69 Å². The highest BCUT2D eigenvalue weighted by Crippen LogP contribution is 2.16. The Labute approximate surface area is 108 Å². The van der Waals surface area contributed by atoms with Crippen LogP contribution < -0.4 is 5.46 Å². The average Bonchev–Trinajstić information content (AvgIpc) is 2.41. The van der Waals surface area contributed by atoms with Gasteiger partial charge in [-0.05, 0) is 23.8 Å². The second-order valence-corrected chi connectivity index (χ2v) is 3.85. The first kappa shape index (κ1) is 12.2. The highest BCUT2D eigenvalue weighted by atomic mass is 16.3. The number of para-hydroxylation sites is 1. The number of phenolic OH excluding ortho intramolecular Hbond substituents is 1. The molecule has 0 saturated heterocycles. The fourth-order valence-corrected chi connectivity index (χ4v) is 1.58. The van der Waals surface area contributed by atoms with Gasteiger partial charge >= 0.3 is 0 Å². The van der Waals surface area contributed by atoms with Crippen molar-refractivity contribution >= 4 is 31.3 Å². The van der Waals surface area contributed by atoms with Crippen LogP contribution in [0.15, 0.2) is 54.0 Å². The standard InChI is InChI=1S/C15H12BNO/c1-2-11-8-12(15(18)14(16)9-11)10-17-13-6-4-3-5-7-13/h2-10,18H,1H2. The summed E-state index contributed by atoms with van der Waals surface area (Å²) in [5, 5.41) is 9.84. The molecule has 18 heavy (non-hydrogen) atoms. The van der Waals surface area contributed by atoms with E-state index in [1.54, 1.807) is 24.4 Å². The Kier molecular flexibility index (Phi) is 3.63. The largest absolute Gasteiger partial charge is 0.508 e. The van der Waals surface area contributed by atoms with Gasteiger partial charge in [0.25, 0.3) is 0 Å². The lowest BCUT2D eigenvalue weighted by atomic mass is 9.90. The SMILES string of the molecule is [B]c1cc(C=C)cc(C=Nc2ccccc2)c1O. The Morgan fingerprint density at radius 1 is 1.17 bits per heavy atom. The van der Waals surface area contributed by atoms with Crippen LogP contribution in [0.25, 0.3) is 6.08 Å². The molecule has 86 valence electrons. The van der Waals surface area contributed by atoms with Crippen LogP contribution in [-0.4, -0.2) is 19.2 Å². The van der Waals surface area contributed by atoms with Gasteiger partial charge in [0, 0.05) is 11.8 Å². The van der Waals surface area contributed by atoms with Gasteiger partial charge in [-0.25, -0.2) is 0 Å². The van der Waals surface area contributed by atoms with E-state index in [4.69, 9.17) is 7.85 Å². The van der Waals surface area contributed by atoms with E-state index in [0.717, 1.165) is 11.3 Å². The van der Waals surface area contributed by atoms with E-state index in [9.17, 15) is 5.11 Å². The van der Waals surface area contributed by atoms with Crippen LogP contribution in [-0.2, 0) is 0 Å². The van der Waals surface area contributed by atoms with Crippen LogP contribution in [0, 0.1) is 0 Å². The molecule has 2 aromatic rings. The van der Waals surface area contributed by atoms with E-state index >= 15 is 0 Å². The molecule has 0 heterocycles. The van der Waals surface area contributed by atoms with E-state index in [2.05, 4.69) is 11.6 Å². The lowest BCUT2D eigenvalue weighted by Gasteiger charge is -2.05. The minimum absolute atomic E-state index is 0.0419. The maximum atomic E-state index is 9.84. The number of benzene rings is 2. The normalized spacial score (nSPS) is 10.7. The number of hydrogen-bond acceptors (Lipinski definition) is 2. The molecule has 0 saturated carbocycles. The summed E-state index contributed by atoms with van der Waals surface area (Å²) < 4.78 is 0. The number of nitrogens with zero attached hydrogens (tertiary/aromatic N) is 1. The van der Waals surface area contributed by atoms with Crippen molar-refractivity contribution < 1.29 is 5.11 Å². The fourth-order valence-electron chi connectivity index (χ4n) is 1.58. The maximum absolute atomic E-state index is 9.84. The minimum Gasteiger partial charge on any atom is -0.508 e. The molecule has 2 nitrogen and oxygen atoms in total. The first-order valence-corrected chi connectivity index (χ1v) is 5.55. The van der Waals surface area contributed by atoms with E-state index in [1.807, 2.05) is 30.3 Å². The smallest absolute Gasteiger partial charge is 0.119 e.